The first-order valence-corrected chi connectivity index (χ1v) is 3.38. The number of rotatable bonds is 2. The largest absolute Gasteiger partial charge is 0.468 e. The second kappa shape index (κ2) is 6.81. The van der Waals surface area contributed by atoms with Crippen LogP contribution in [0, 0.1) is 6.54 Å². The average molecular weight is 249 g/mol. The number of aliphatic hydroxyl groups is 1. The molecule has 0 aromatic carbocycles. The van der Waals surface area contributed by atoms with E-state index >= 15 is 0 Å². The monoisotopic (exact) mass is 249 g/mol. The Morgan fingerprint density at radius 1 is 1.58 bits per heavy atom. The Bertz CT molecular complexity index is 133. The molecule has 1 radical (unpaired) electrons. The molecule has 0 unspecified atom stereocenters. The number of carbonyl (C=O) groups is 1. The molecular formula is C7H14NO3Y-. The van der Waals surface area contributed by atoms with Gasteiger partial charge in [-0.2, -0.15) is 0 Å². The zero-order valence-electron chi connectivity index (χ0n) is 7.63. The van der Waals surface area contributed by atoms with Crippen molar-refractivity contribution < 1.29 is 47.3 Å². The fourth-order valence-corrected chi connectivity index (χ4v) is 0.437. The van der Waals surface area contributed by atoms with E-state index in [0.29, 0.717) is 0 Å². The average Bonchev–Trinajstić information content (AvgIpc) is 1.79. The maximum absolute atomic E-state index is 10.7. The zero-order chi connectivity index (χ0) is 8.91. The van der Waals surface area contributed by atoms with Gasteiger partial charge in [0.15, 0.2) is 0 Å². The number of amides is 1. The van der Waals surface area contributed by atoms with E-state index in [1.54, 1.807) is 20.8 Å². The summed E-state index contributed by atoms with van der Waals surface area (Å²) in [6.45, 7) is 6.33. The molecular weight excluding hydrogens is 235 g/mol. The van der Waals surface area contributed by atoms with Crippen molar-refractivity contribution in [2.24, 2.45) is 0 Å². The summed E-state index contributed by atoms with van der Waals surface area (Å²) in [4.78, 5) is 10.7. The predicted molar refractivity (Wildman–Crippen MR) is 40.8 cm³/mol. The third kappa shape index (κ3) is 10.3. The summed E-state index contributed by atoms with van der Waals surface area (Å²) >= 11 is 0. The molecule has 0 aliphatic rings. The molecule has 0 atom stereocenters. The van der Waals surface area contributed by atoms with E-state index in [9.17, 15) is 4.79 Å². The van der Waals surface area contributed by atoms with E-state index in [4.69, 9.17) is 9.84 Å². The van der Waals surface area contributed by atoms with Crippen molar-refractivity contribution in [1.82, 2.24) is 5.32 Å². The molecule has 0 aromatic rings. The van der Waals surface area contributed by atoms with Crippen molar-refractivity contribution in [3.63, 3.8) is 0 Å². The van der Waals surface area contributed by atoms with Crippen LogP contribution < -0.4 is 5.32 Å². The molecule has 5 heteroatoms. The molecule has 0 saturated heterocycles. The number of carbonyl (C=O) groups excluding carboxylic acids is 1. The summed E-state index contributed by atoms with van der Waals surface area (Å²) in [6, 6.07) is 0. The van der Waals surface area contributed by atoms with Gasteiger partial charge >= 0.3 is 6.09 Å². The molecule has 4 nitrogen and oxygen atoms in total. The Hall–Kier alpha value is 0.334. The van der Waals surface area contributed by atoms with Crippen LogP contribution >= 0.6 is 0 Å². The Morgan fingerprint density at radius 3 is 2.42 bits per heavy atom. The maximum Gasteiger partial charge on any atom is 0.378 e. The summed E-state index contributed by atoms with van der Waals surface area (Å²) < 4.78 is 4.85. The third-order valence-corrected chi connectivity index (χ3v) is 0.710. The van der Waals surface area contributed by atoms with Crippen LogP contribution in [0.1, 0.15) is 20.8 Å². The second-order valence-electron chi connectivity index (χ2n) is 3.03. The molecule has 0 bridgehead atoms. The van der Waals surface area contributed by atoms with Crippen LogP contribution in [-0.4, -0.2) is 23.4 Å². The van der Waals surface area contributed by atoms with Gasteiger partial charge in [-0.3, -0.25) is 0 Å². The molecule has 69 valence electrons. The van der Waals surface area contributed by atoms with Crippen LogP contribution in [0.4, 0.5) is 4.79 Å². The third-order valence-electron chi connectivity index (χ3n) is 0.710. The Kier molecular flexibility index (Phi) is 8.42. The minimum Gasteiger partial charge on any atom is -0.468 e. The van der Waals surface area contributed by atoms with Gasteiger partial charge in [-0.25, -0.2) is 11.3 Å². The minimum absolute atomic E-state index is 0. The van der Waals surface area contributed by atoms with Gasteiger partial charge in [0.05, 0.1) is 0 Å². The van der Waals surface area contributed by atoms with Gasteiger partial charge in [0.25, 0.3) is 0 Å². The quantitative estimate of drug-likeness (QED) is 0.707. The fourth-order valence-electron chi connectivity index (χ4n) is 0.437. The summed E-state index contributed by atoms with van der Waals surface area (Å²) in [5.74, 6) is 0. The number of hydrogen-bond donors (Lipinski definition) is 2. The second-order valence-corrected chi connectivity index (χ2v) is 3.03. The van der Waals surface area contributed by atoms with Gasteiger partial charge in [0.1, 0.15) is 5.60 Å². The molecule has 0 fully saturated rings. The van der Waals surface area contributed by atoms with E-state index in [1.165, 1.54) is 6.54 Å². The molecule has 12 heavy (non-hydrogen) atoms. The molecule has 0 heterocycles. The normalized spacial score (nSPS) is 10.0. The van der Waals surface area contributed by atoms with Crippen LogP contribution in [0.3, 0.4) is 0 Å². The van der Waals surface area contributed by atoms with E-state index in [-0.39, 0.29) is 39.3 Å². The first-order valence-electron chi connectivity index (χ1n) is 3.38. The molecule has 0 aromatic heterocycles. The number of aliphatic hydroxyl groups excluding tert-OH is 1. The Labute approximate surface area is 97.9 Å². The van der Waals surface area contributed by atoms with Gasteiger partial charge < -0.3 is 15.2 Å². The molecule has 0 rings (SSSR count). The zero-order valence-corrected chi connectivity index (χ0v) is 10.5. The van der Waals surface area contributed by atoms with Crippen LogP contribution in [0.15, 0.2) is 0 Å². The van der Waals surface area contributed by atoms with Crippen molar-refractivity contribution >= 4 is 6.09 Å². The Morgan fingerprint density at radius 2 is 2.08 bits per heavy atom. The van der Waals surface area contributed by atoms with Crippen LogP contribution in [-0.2, 0) is 37.4 Å². The van der Waals surface area contributed by atoms with Gasteiger partial charge in [-0.05, 0) is 20.8 Å². The van der Waals surface area contributed by atoms with Gasteiger partial charge in [0, 0.05) is 32.7 Å². The number of alkyl carbamates (subject to hydrolysis) is 1. The first kappa shape index (κ1) is 14.8. The van der Waals surface area contributed by atoms with Gasteiger partial charge in [-0.15, -0.1) is 0 Å². The molecule has 0 saturated carbocycles. The predicted octanol–water partition coefficient (Wildman–Crippen LogP) is 0.663. The first-order chi connectivity index (χ1) is 4.95. The standard InChI is InChI=1S/C7H14NO3.Y/c1-7(2,3)11-6(10)8-4-5-9;/h4,9H,5H2,1-3H3,(H,8,10);/q-1;. The Balaban J connectivity index is 0. The summed E-state index contributed by atoms with van der Waals surface area (Å²) in [5.41, 5.74) is -0.493. The van der Waals surface area contributed by atoms with Crippen LogP contribution in [0.25, 0.3) is 0 Å². The van der Waals surface area contributed by atoms with Gasteiger partial charge in [0.2, 0.25) is 0 Å². The van der Waals surface area contributed by atoms with Crippen molar-refractivity contribution in [2.45, 2.75) is 26.4 Å². The number of hydrogen-bond acceptors (Lipinski definition) is 3. The van der Waals surface area contributed by atoms with Crippen molar-refractivity contribution in [1.29, 1.82) is 0 Å². The molecule has 0 aliphatic heterocycles. The topological polar surface area (TPSA) is 58.6 Å². The van der Waals surface area contributed by atoms with E-state index < -0.39 is 11.7 Å². The van der Waals surface area contributed by atoms with Gasteiger partial charge in [-0.1, -0.05) is 6.61 Å². The number of ether oxygens (including phenoxy) is 1. The van der Waals surface area contributed by atoms with Crippen LogP contribution in [0.5, 0.6) is 0 Å². The number of nitrogens with one attached hydrogen (secondary N) is 1. The SMILES string of the molecule is CC(C)(C)OC(=O)N[CH-]CO.[Y]. The smallest absolute Gasteiger partial charge is 0.378 e. The molecule has 2 N–H and O–H groups in total. The van der Waals surface area contributed by atoms with Crippen molar-refractivity contribution in [3.05, 3.63) is 6.54 Å². The summed E-state index contributed by atoms with van der Waals surface area (Å²) in [7, 11) is 0. The summed E-state index contributed by atoms with van der Waals surface area (Å²) in [5, 5.41) is 10.5. The molecule has 0 aliphatic carbocycles. The minimum atomic E-state index is -0.549. The van der Waals surface area contributed by atoms with Crippen LogP contribution in [0.2, 0.25) is 0 Å². The van der Waals surface area contributed by atoms with E-state index in [0.717, 1.165) is 0 Å². The van der Waals surface area contributed by atoms with E-state index in [2.05, 4.69) is 5.32 Å². The summed E-state index contributed by atoms with van der Waals surface area (Å²) in [6.07, 6.45) is -0.549. The fraction of sp³-hybridized carbons (Fsp3) is 0.714. The van der Waals surface area contributed by atoms with E-state index in [1.807, 2.05) is 0 Å². The van der Waals surface area contributed by atoms with Crippen molar-refractivity contribution in [2.75, 3.05) is 6.61 Å². The molecule has 1 amide bonds. The van der Waals surface area contributed by atoms with Crippen molar-refractivity contribution in [3.8, 4) is 0 Å². The molecule has 0 spiro atoms. The maximum atomic E-state index is 10.7.